The summed E-state index contributed by atoms with van der Waals surface area (Å²) in [6.07, 6.45) is -0.246. The number of aromatic nitrogens is 5. The molecule has 40 heavy (non-hydrogen) atoms. The summed E-state index contributed by atoms with van der Waals surface area (Å²) in [4.78, 5) is 22.5. The van der Waals surface area contributed by atoms with Crippen molar-refractivity contribution < 1.29 is 15.0 Å². The molecule has 1 amide bonds. The molecule has 0 saturated heterocycles. The normalized spacial score (nSPS) is 25.7. The van der Waals surface area contributed by atoms with Crippen LogP contribution in [0.2, 0.25) is 0 Å². The Morgan fingerprint density at radius 2 is 1.77 bits per heavy atom. The highest BCUT2D eigenvalue weighted by Gasteiger charge is 2.47. The summed E-state index contributed by atoms with van der Waals surface area (Å²) in [6, 6.07) is 19.5. The number of benzene rings is 2. The molecule has 6 atom stereocenters. The summed E-state index contributed by atoms with van der Waals surface area (Å²) in [5.41, 5.74) is 3.24. The number of fused-ring (bicyclic) bond motifs is 1. The van der Waals surface area contributed by atoms with Gasteiger partial charge in [0.2, 0.25) is 5.91 Å². The van der Waals surface area contributed by atoms with Gasteiger partial charge in [0, 0.05) is 24.3 Å². The molecule has 10 nitrogen and oxygen atoms in total. The minimum absolute atomic E-state index is 0.213. The molecule has 0 bridgehead atoms. The summed E-state index contributed by atoms with van der Waals surface area (Å²) < 4.78 is 1.55. The second-order valence-electron chi connectivity index (χ2n) is 10.5. The molecule has 11 heteroatoms. The zero-order valence-corrected chi connectivity index (χ0v) is 23.0. The smallest absolute Gasteiger partial charge is 0.226 e. The molecule has 4 aromatic rings. The van der Waals surface area contributed by atoms with Crippen LogP contribution in [0.3, 0.4) is 0 Å². The number of hydrogen-bond acceptors (Lipinski definition) is 9. The maximum Gasteiger partial charge on any atom is 0.226 e. The van der Waals surface area contributed by atoms with Gasteiger partial charge in [-0.25, -0.2) is 14.6 Å². The van der Waals surface area contributed by atoms with Crippen LogP contribution in [0.15, 0.2) is 65.8 Å². The molecule has 2 unspecified atom stereocenters. The number of thioether (sulfide) groups is 1. The fourth-order valence-corrected chi connectivity index (χ4v) is 6.11. The lowest BCUT2D eigenvalue weighted by molar-refractivity contribution is -0.129. The minimum atomic E-state index is -1.23. The largest absolute Gasteiger partial charge is 0.390 e. The molecule has 4 N–H and O–H groups in total. The van der Waals surface area contributed by atoms with Crippen LogP contribution in [0.25, 0.3) is 11.2 Å². The SMILES string of the molecule is CCCSc1nc(NC2CC2c2ccccc2)c2nnn([C@H]3C[C@@H](C(=O)NCc4ccccc4)[C@H](O)[C@@H]3O)c2n1. The van der Waals surface area contributed by atoms with Crippen LogP contribution >= 0.6 is 11.8 Å². The van der Waals surface area contributed by atoms with Gasteiger partial charge in [-0.05, 0) is 30.4 Å². The molecule has 2 aromatic heterocycles. The zero-order chi connectivity index (χ0) is 27.6. The number of carbonyl (C=O) groups excluding carboxylic acids is 1. The summed E-state index contributed by atoms with van der Waals surface area (Å²) in [6.45, 7) is 2.45. The van der Waals surface area contributed by atoms with E-state index in [1.807, 2.05) is 36.4 Å². The fourth-order valence-electron chi connectivity index (χ4n) is 5.42. The Morgan fingerprint density at radius 1 is 1.02 bits per heavy atom. The number of amides is 1. The maximum absolute atomic E-state index is 13.0. The molecule has 0 aliphatic heterocycles. The average Bonchev–Trinajstić information content (AvgIpc) is 3.53. The van der Waals surface area contributed by atoms with Gasteiger partial charge in [-0.15, -0.1) is 5.10 Å². The van der Waals surface area contributed by atoms with Crippen LogP contribution in [-0.4, -0.2) is 65.1 Å². The number of aliphatic hydroxyl groups is 2. The Kier molecular flexibility index (Phi) is 7.68. The zero-order valence-electron chi connectivity index (χ0n) is 22.2. The molecular weight excluding hydrogens is 526 g/mol. The molecule has 208 valence electrons. The lowest BCUT2D eigenvalue weighted by atomic mass is 10.0. The topological polar surface area (TPSA) is 138 Å². The third kappa shape index (κ3) is 5.41. The van der Waals surface area contributed by atoms with Gasteiger partial charge in [-0.1, -0.05) is 84.6 Å². The Balaban J connectivity index is 1.23. The predicted octanol–water partition coefficient (Wildman–Crippen LogP) is 3.29. The number of carbonyl (C=O) groups is 1. The van der Waals surface area contributed by atoms with E-state index in [1.54, 1.807) is 16.4 Å². The molecule has 2 aromatic carbocycles. The van der Waals surface area contributed by atoms with Crippen LogP contribution in [0.5, 0.6) is 0 Å². The van der Waals surface area contributed by atoms with E-state index in [9.17, 15) is 15.0 Å². The van der Waals surface area contributed by atoms with Gasteiger partial charge in [0.05, 0.1) is 18.1 Å². The van der Waals surface area contributed by atoms with E-state index in [0.29, 0.717) is 34.6 Å². The van der Waals surface area contributed by atoms with E-state index < -0.39 is 24.2 Å². The van der Waals surface area contributed by atoms with Crippen molar-refractivity contribution in [2.45, 2.75) is 68.1 Å². The van der Waals surface area contributed by atoms with Crippen molar-refractivity contribution >= 4 is 34.7 Å². The quantitative estimate of drug-likeness (QED) is 0.170. The highest BCUT2D eigenvalue weighted by Crippen LogP contribution is 2.43. The second-order valence-corrected chi connectivity index (χ2v) is 11.6. The lowest BCUT2D eigenvalue weighted by Gasteiger charge is -2.17. The molecular formula is C29H33N7O3S. The molecule has 6 rings (SSSR count). The van der Waals surface area contributed by atoms with Gasteiger partial charge >= 0.3 is 0 Å². The predicted molar refractivity (Wildman–Crippen MR) is 153 cm³/mol. The first-order chi connectivity index (χ1) is 19.5. The number of aliphatic hydroxyl groups excluding tert-OH is 2. The fraction of sp³-hybridized carbons (Fsp3) is 0.414. The third-order valence-electron chi connectivity index (χ3n) is 7.69. The Hall–Kier alpha value is -3.54. The Labute approximate surface area is 236 Å². The third-order valence-corrected chi connectivity index (χ3v) is 8.74. The first-order valence-electron chi connectivity index (χ1n) is 13.8. The first kappa shape index (κ1) is 26.7. The lowest BCUT2D eigenvalue weighted by Crippen LogP contribution is -2.37. The van der Waals surface area contributed by atoms with Crippen molar-refractivity contribution in [2.75, 3.05) is 11.1 Å². The van der Waals surface area contributed by atoms with Crippen LogP contribution in [0.4, 0.5) is 5.82 Å². The maximum atomic E-state index is 13.0. The van der Waals surface area contributed by atoms with Gasteiger partial charge in [0.15, 0.2) is 22.1 Å². The van der Waals surface area contributed by atoms with Crippen molar-refractivity contribution in [1.29, 1.82) is 0 Å². The minimum Gasteiger partial charge on any atom is -0.390 e. The van der Waals surface area contributed by atoms with Crippen molar-refractivity contribution in [3.05, 3.63) is 71.8 Å². The summed E-state index contributed by atoms with van der Waals surface area (Å²) in [5, 5.41) is 37.6. The van der Waals surface area contributed by atoms with E-state index in [1.165, 1.54) is 5.56 Å². The van der Waals surface area contributed by atoms with Crippen LogP contribution in [0.1, 0.15) is 49.3 Å². The average molecular weight is 560 g/mol. The molecule has 2 aliphatic rings. The monoisotopic (exact) mass is 559 g/mol. The standard InChI is InChI=1S/C29H33N7O3S/c1-2-13-40-29-32-26(31-21-14-19(21)18-11-7-4-8-12-18)23-27(33-29)36(35-34-23)22-15-20(24(37)25(22)38)28(39)30-16-17-9-5-3-6-10-17/h3-12,19-22,24-25,37-38H,2,13-16H2,1H3,(H,30,39)(H,31,32,33)/t19?,20-,21?,22+,24+,25-/m1/s1. The molecule has 0 spiro atoms. The van der Waals surface area contributed by atoms with Crippen LogP contribution < -0.4 is 10.6 Å². The van der Waals surface area contributed by atoms with Gasteiger partial charge in [0.25, 0.3) is 0 Å². The van der Waals surface area contributed by atoms with Crippen molar-refractivity contribution in [1.82, 2.24) is 30.3 Å². The van der Waals surface area contributed by atoms with Crippen molar-refractivity contribution in [3.8, 4) is 0 Å². The summed E-state index contributed by atoms with van der Waals surface area (Å²) >= 11 is 1.55. The summed E-state index contributed by atoms with van der Waals surface area (Å²) in [5.74, 6) is 0.781. The van der Waals surface area contributed by atoms with E-state index in [4.69, 9.17) is 9.97 Å². The van der Waals surface area contributed by atoms with Crippen LogP contribution in [-0.2, 0) is 11.3 Å². The highest BCUT2D eigenvalue weighted by atomic mass is 32.2. The van der Waals surface area contributed by atoms with Crippen molar-refractivity contribution in [2.24, 2.45) is 5.92 Å². The molecule has 2 aliphatic carbocycles. The Bertz CT molecular complexity index is 1470. The van der Waals surface area contributed by atoms with Gasteiger partial charge < -0.3 is 20.8 Å². The van der Waals surface area contributed by atoms with Gasteiger partial charge in [0.1, 0.15) is 6.10 Å². The van der Waals surface area contributed by atoms with E-state index in [2.05, 4.69) is 52.1 Å². The van der Waals surface area contributed by atoms with E-state index in [-0.39, 0.29) is 18.4 Å². The second kappa shape index (κ2) is 11.5. The summed E-state index contributed by atoms with van der Waals surface area (Å²) in [7, 11) is 0. The number of nitrogens with zero attached hydrogens (tertiary/aromatic N) is 5. The molecule has 2 heterocycles. The molecule has 2 fully saturated rings. The van der Waals surface area contributed by atoms with E-state index in [0.717, 1.165) is 24.2 Å². The van der Waals surface area contributed by atoms with Crippen LogP contribution in [0, 0.1) is 5.92 Å². The number of rotatable bonds is 10. The van der Waals surface area contributed by atoms with Gasteiger partial charge in [-0.3, -0.25) is 4.79 Å². The Morgan fingerprint density at radius 3 is 2.52 bits per heavy atom. The number of anilines is 1. The van der Waals surface area contributed by atoms with Gasteiger partial charge in [-0.2, -0.15) is 0 Å². The number of hydrogen-bond donors (Lipinski definition) is 4. The van der Waals surface area contributed by atoms with Crippen molar-refractivity contribution in [3.63, 3.8) is 0 Å². The first-order valence-corrected chi connectivity index (χ1v) is 14.8. The molecule has 0 radical (unpaired) electrons. The highest BCUT2D eigenvalue weighted by molar-refractivity contribution is 7.99. The van der Waals surface area contributed by atoms with E-state index >= 15 is 0 Å². The molecule has 2 saturated carbocycles. The number of nitrogens with one attached hydrogen (secondary N) is 2.